The van der Waals surface area contributed by atoms with Crippen LogP contribution in [0.3, 0.4) is 0 Å². The Kier molecular flexibility index (Phi) is 11.4. The number of hydrogen-bond acceptors (Lipinski definition) is 8. The first-order chi connectivity index (χ1) is 26.8. The molecule has 2 aromatic heterocycles. The molecule has 7 aromatic rings. The first-order valence-electron chi connectivity index (χ1n) is 18.3. The number of methoxy groups -OCH3 is 2. The van der Waals surface area contributed by atoms with E-state index in [-0.39, 0.29) is 11.6 Å². The third kappa shape index (κ3) is 7.63. The Morgan fingerprint density at radius 3 is 1.64 bits per heavy atom. The van der Waals surface area contributed by atoms with Crippen molar-refractivity contribution in [3.8, 4) is 22.2 Å². The van der Waals surface area contributed by atoms with Crippen molar-refractivity contribution in [3.63, 3.8) is 0 Å². The molecule has 0 atom stereocenters. The van der Waals surface area contributed by atoms with Crippen LogP contribution in [0.15, 0.2) is 151 Å². The third-order valence-electron chi connectivity index (χ3n) is 10.0. The molecule has 0 amide bonds. The maximum absolute atomic E-state index is 7.30. The molecule has 0 aliphatic rings. The zero-order valence-electron chi connectivity index (χ0n) is 31.9. The Bertz CT molecular complexity index is 2160. The van der Waals surface area contributed by atoms with Gasteiger partial charge < -0.3 is 18.6 Å². The Hall–Kier alpha value is -5.39. The van der Waals surface area contributed by atoms with Gasteiger partial charge >= 0.3 is 0 Å². The molecule has 0 saturated carbocycles. The summed E-state index contributed by atoms with van der Waals surface area (Å²) in [6.07, 6.45) is 1.80. The Morgan fingerprint density at radius 1 is 0.655 bits per heavy atom. The second kappa shape index (κ2) is 16.5. The summed E-state index contributed by atoms with van der Waals surface area (Å²) in [6.45, 7) is 7.91. The van der Waals surface area contributed by atoms with Crippen LogP contribution in [0.25, 0.3) is 10.7 Å². The maximum Gasteiger partial charge on any atom is 0.261 e. The zero-order chi connectivity index (χ0) is 38.3. The standard InChI is InChI=1S/C45H46N4O4SSi/c1-44(2,3)55(39-17-11-7-12-18-39,40-19-13-8-14-20-40)53-30-29-49-42(47-43(48-49)41-31-46-33-54-41)32-52-45(34-15-9-6-10-16-34,35-21-25-37(50-4)26-22-35)36-23-27-38(51-5)28-24-36/h6-28,31,33H,29-30,32H2,1-5H3. The highest BCUT2D eigenvalue weighted by atomic mass is 32.1. The van der Waals surface area contributed by atoms with Gasteiger partial charge in [-0.25, -0.2) is 9.67 Å². The fourth-order valence-corrected chi connectivity index (χ4v) is 12.5. The molecular formula is C45H46N4O4SSi. The first kappa shape index (κ1) is 37.9. The molecule has 10 heteroatoms. The number of rotatable bonds is 15. The Labute approximate surface area is 328 Å². The van der Waals surface area contributed by atoms with Crippen LogP contribution >= 0.6 is 11.3 Å². The highest BCUT2D eigenvalue weighted by Crippen LogP contribution is 2.42. The number of ether oxygens (including phenoxy) is 3. The van der Waals surface area contributed by atoms with E-state index in [9.17, 15) is 0 Å². The highest BCUT2D eigenvalue weighted by molar-refractivity contribution is 7.13. The average Bonchev–Trinajstić information content (AvgIpc) is 3.92. The summed E-state index contributed by atoms with van der Waals surface area (Å²) in [5.41, 5.74) is 3.62. The molecule has 2 heterocycles. The lowest BCUT2D eigenvalue weighted by Gasteiger charge is -2.43. The van der Waals surface area contributed by atoms with Crippen molar-refractivity contribution >= 4 is 30.0 Å². The molecular weight excluding hydrogens is 721 g/mol. The van der Waals surface area contributed by atoms with E-state index in [1.165, 1.54) is 21.7 Å². The van der Waals surface area contributed by atoms with Crippen molar-refractivity contribution < 1.29 is 18.6 Å². The van der Waals surface area contributed by atoms with Crippen molar-refractivity contribution in [3.05, 3.63) is 174 Å². The van der Waals surface area contributed by atoms with Gasteiger partial charge in [-0.3, -0.25) is 4.98 Å². The molecule has 8 nitrogen and oxygen atoms in total. The highest BCUT2D eigenvalue weighted by Gasteiger charge is 2.50. The minimum atomic E-state index is -2.78. The van der Waals surface area contributed by atoms with E-state index in [0.29, 0.717) is 24.8 Å². The normalized spacial score (nSPS) is 12.1. The number of aromatic nitrogens is 4. The van der Waals surface area contributed by atoms with Crippen LogP contribution in [0, 0.1) is 0 Å². The lowest BCUT2D eigenvalue weighted by atomic mass is 9.80. The summed E-state index contributed by atoms with van der Waals surface area (Å²) in [4.78, 5) is 10.3. The van der Waals surface area contributed by atoms with E-state index >= 15 is 0 Å². The molecule has 0 radical (unpaired) electrons. The molecule has 0 bridgehead atoms. The van der Waals surface area contributed by atoms with Gasteiger partial charge in [0.1, 0.15) is 23.7 Å². The van der Waals surface area contributed by atoms with E-state index in [1.54, 1.807) is 25.9 Å². The topological polar surface area (TPSA) is 80.5 Å². The third-order valence-corrected chi connectivity index (χ3v) is 15.8. The second-order valence-corrected chi connectivity index (χ2v) is 19.4. The maximum atomic E-state index is 7.30. The summed E-state index contributed by atoms with van der Waals surface area (Å²) in [5.74, 6) is 2.80. The van der Waals surface area contributed by atoms with Gasteiger partial charge in [0, 0.05) is 6.20 Å². The van der Waals surface area contributed by atoms with E-state index in [4.69, 9.17) is 28.7 Å². The molecule has 0 N–H and O–H groups in total. The van der Waals surface area contributed by atoms with Crippen molar-refractivity contribution in [2.24, 2.45) is 0 Å². The lowest BCUT2D eigenvalue weighted by Crippen LogP contribution is -2.66. The fraction of sp³-hybridized carbons (Fsp3) is 0.222. The SMILES string of the molecule is COc1ccc(C(OCc2nc(-c3cncs3)nn2CCO[Si](c2ccccc2)(c2ccccc2)C(C)(C)C)(c2ccccc2)c2ccc(OC)cc2)cc1. The van der Waals surface area contributed by atoms with Gasteiger partial charge in [0.05, 0.1) is 37.8 Å². The summed E-state index contributed by atoms with van der Waals surface area (Å²) in [7, 11) is 0.557. The van der Waals surface area contributed by atoms with Crippen molar-refractivity contribution in [1.82, 2.24) is 19.7 Å². The molecule has 55 heavy (non-hydrogen) atoms. The smallest absolute Gasteiger partial charge is 0.261 e. The summed E-state index contributed by atoms with van der Waals surface area (Å²) >= 11 is 1.51. The van der Waals surface area contributed by atoms with Gasteiger partial charge in [0.15, 0.2) is 11.6 Å². The number of nitrogens with zero attached hydrogens (tertiary/aromatic N) is 4. The summed E-state index contributed by atoms with van der Waals surface area (Å²) in [6, 6.07) is 47.8. The van der Waals surface area contributed by atoms with Gasteiger partial charge in [-0.15, -0.1) is 16.4 Å². The Balaban J connectivity index is 1.29. The molecule has 280 valence electrons. The summed E-state index contributed by atoms with van der Waals surface area (Å²) < 4.78 is 27.6. The molecule has 0 fully saturated rings. The van der Waals surface area contributed by atoms with Gasteiger partial charge in [-0.1, -0.05) is 136 Å². The van der Waals surface area contributed by atoms with Crippen LogP contribution in [0.1, 0.15) is 43.3 Å². The molecule has 5 aromatic carbocycles. The minimum Gasteiger partial charge on any atom is -0.497 e. The van der Waals surface area contributed by atoms with Crippen LogP contribution in [-0.2, 0) is 27.9 Å². The molecule has 0 unspecified atom stereocenters. The molecule has 0 aliphatic carbocycles. The van der Waals surface area contributed by atoms with Crippen LogP contribution in [0.5, 0.6) is 11.5 Å². The quantitative estimate of drug-likeness (QED) is 0.0765. The van der Waals surface area contributed by atoms with E-state index in [1.807, 2.05) is 47.1 Å². The minimum absolute atomic E-state index is 0.151. The Morgan fingerprint density at radius 2 is 1.16 bits per heavy atom. The predicted molar refractivity (Wildman–Crippen MR) is 222 cm³/mol. The van der Waals surface area contributed by atoms with Crippen molar-refractivity contribution in [1.29, 1.82) is 0 Å². The van der Waals surface area contributed by atoms with E-state index < -0.39 is 13.9 Å². The molecule has 0 saturated heterocycles. The second-order valence-electron chi connectivity index (χ2n) is 14.2. The summed E-state index contributed by atoms with van der Waals surface area (Å²) in [5, 5.41) is 7.34. The van der Waals surface area contributed by atoms with E-state index in [0.717, 1.165) is 33.1 Å². The lowest BCUT2D eigenvalue weighted by molar-refractivity contribution is -0.00514. The van der Waals surface area contributed by atoms with Gasteiger partial charge in [0.25, 0.3) is 8.32 Å². The van der Waals surface area contributed by atoms with Gasteiger partial charge in [-0.2, -0.15) is 0 Å². The zero-order valence-corrected chi connectivity index (χ0v) is 33.7. The number of thiazole rings is 1. The largest absolute Gasteiger partial charge is 0.497 e. The predicted octanol–water partition coefficient (Wildman–Crippen LogP) is 8.50. The first-order valence-corrected chi connectivity index (χ1v) is 21.1. The van der Waals surface area contributed by atoms with Crippen LogP contribution in [0.2, 0.25) is 5.04 Å². The monoisotopic (exact) mass is 766 g/mol. The van der Waals surface area contributed by atoms with Gasteiger partial charge in [0.2, 0.25) is 0 Å². The number of hydrogen-bond donors (Lipinski definition) is 0. The molecule has 0 aliphatic heterocycles. The van der Waals surface area contributed by atoms with Gasteiger partial charge in [-0.05, 0) is 56.4 Å². The van der Waals surface area contributed by atoms with Crippen LogP contribution in [-0.4, -0.2) is 48.9 Å². The van der Waals surface area contributed by atoms with Crippen molar-refractivity contribution in [2.45, 2.75) is 44.6 Å². The number of benzene rings is 5. The van der Waals surface area contributed by atoms with Crippen LogP contribution in [0.4, 0.5) is 0 Å². The van der Waals surface area contributed by atoms with Crippen molar-refractivity contribution in [2.75, 3.05) is 20.8 Å². The average molecular weight is 767 g/mol. The fourth-order valence-electron chi connectivity index (χ4n) is 7.38. The molecule has 0 spiro atoms. The van der Waals surface area contributed by atoms with Crippen LogP contribution < -0.4 is 19.8 Å². The molecule has 7 rings (SSSR count). The van der Waals surface area contributed by atoms with E-state index in [2.05, 4.69) is 123 Å².